The molecule has 1 N–H and O–H groups in total. The number of aliphatic imine (C=N–C) groups is 1. The van der Waals surface area contributed by atoms with E-state index in [4.69, 9.17) is 16.0 Å². The molecule has 4 nitrogen and oxygen atoms in total. The number of hydrogen-bond acceptors (Lipinski definition) is 4. The average molecular weight is 389 g/mol. The molecule has 0 aliphatic carbocycles. The minimum Gasteiger partial charge on any atom is -0.507 e. The molecule has 5 heteroatoms. The van der Waals surface area contributed by atoms with Crippen molar-refractivity contribution in [2.75, 3.05) is 0 Å². The molecule has 3 aromatic carbocycles. The monoisotopic (exact) mass is 388 g/mol. The second-order valence-electron chi connectivity index (χ2n) is 6.38. The molecule has 0 saturated heterocycles. The molecule has 0 aliphatic rings. The fourth-order valence-electron chi connectivity index (χ4n) is 2.79. The van der Waals surface area contributed by atoms with Crippen LogP contribution in [-0.2, 0) is 0 Å². The van der Waals surface area contributed by atoms with Crippen molar-refractivity contribution in [3.63, 3.8) is 0 Å². The Balaban J connectivity index is 1.58. The Morgan fingerprint density at radius 2 is 1.86 bits per heavy atom. The Morgan fingerprint density at radius 1 is 1.04 bits per heavy atom. The third-order valence-electron chi connectivity index (χ3n) is 4.22. The number of halogens is 1. The molecule has 4 rings (SSSR count). The Labute approximate surface area is 167 Å². The molecule has 4 aromatic rings. The SMILES string of the molecule is Cc1ccc2oc(-c3cc(N=C/C=C/c4ccc(Cl)cc4)ccc3O)nc2c1. The maximum absolute atomic E-state index is 10.2. The highest BCUT2D eigenvalue weighted by Crippen LogP contribution is 2.34. The first kappa shape index (κ1) is 18.0. The fourth-order valence-corrected chi connectivity index (χ4v) is 2.91. The van der Waals surface area contributed by atoms with E-state index in [1.165, 1.54) is 0 Å². The number of rotatable bonds is 4. The average Bonchev–Trinajstić information content (AvgIpc) is 3.10. The van der Waals surface area contributed by atoms with E-state index < -0.39 is 0 Å². The van der Waals surface area contributed by atoms with Crippen molar-refractivity contribution in [3.8, 4) is 17.2 Å². The van der Waals surface area contributed by atoms with Crippen molar-refractivity contribution in [1.82, 2.24) is 4.98 Å². The highest BCUT2D eigenvalue weighted by atomic mass is 35.5. The smallest absolute Gasteiger partial charge is 0.231 e. The zero-order valence-electron chi connectivity index (χ0n) is 15.1. The number of aryl methyl sites for hydroxylation is 1. The van der Waals surface area contributed by atoms with E-state index in [1.54, 1.807) is 24.4 Å². The quantitative estimate of drug-likeness (QED) is 0.402. The summed E-state index contributed by atoms with van der Waals surface area (Å²) in [5.41, 5.74) is 4.76. The van der Waals surface area contributed by atoms with Crippen molar-refractivity contribution in [1.29, 1.82) is 0 Å². The van der Waals surface area contributed by atoms with Crippen LogP contribution in [0.1, 0.15) is 11.1 Å². The van der Waals surface area contributed by atoms with Crippen LogP contribution >= 0.6 is 11.6 Å². The van der Waals surface area contributed by atoms with Gasteiger partial charge in [0.25, 0.3) is 0 Å². The minimum atomic E-state index is 0.0962. The van der Waals surface area contributed by atoms with E-state index in [1.807, 2.05) is 61.5 Å². The van der Waals surface area contributed by atoms with Gasteiger partial charge in [0.2, 0.25) is 5.89 Å². The van der Waals surface area contributed by atoms with E-state index in [2.05, 4.69) is 9.98 Å². The molecule has 0 atom stereocenters. The van der Waals surface area contributed by atoms with Gasteiger partial charge in [-0.05, 0) is 66.6 Å². The predicted molar refractivity (Wildman–Crippen MR) is 114 cm³/mol. The molecule has 0 unspecified atom stereocenters. The Morgan fingerprint density at radius 3 is 2.68 bits per heavy atom. The van der Waals surface area contributed by atoms with Crippen LogP contribution in [0.4, 0.5) is 5.69 Å². The predicted octanol–water partition coefficient (Wildman–Crippen LogP) is 6.58. The zero-order valence-corrected chi connectivity index (χ0v) is 15.9. The highest BCUT2D eigenvalue weighted by Gasteiger charge is 2.13. The Hall–Kier alpha value is -3.37. The standard InChI is InChI=1S/C23H17ClN2O2/c1-15-4-11-22-20(13-15)26-23(28-22)19-14-18(9-10-21(19)27)25-12-2-3-16-5-7-17(24)8-6-16/h2-14,27H,1H3/b3-2+,25-12?. The second kappa shape index (κ2) is 7.71. The lowest BCUT2D eigenvalue weighted by molar-refractivity contribution is 0.474. The molecule has 0 radical (unpaired) electrons. The van der Waals surface area contributed by atoms with E-state index >= 15 is 0 Å². The van der Waals surface area contributed by atoms with E-state index in [9.17, 15) is 5.11 Å². The summed E-state index contributed by atoms with van der Waals surface area (Å²) in [6.07, 6.45) is 5.47. The first-order valence-corrected chi connectivity index (χ1v) is 9.13. The van der Waals surface area contributed by atoms with Crippen LogP contribution in [0.3, 0.4) is 0 Å². The molecule has 0 bridgehead atoms. The Kier molecular flexibility index (Phi) is 4.96. The number of benzene rings is 3. The molecule has 0 amide bonds. The largest absolute Gasteiger partial charge is 0.507 e. The van der Waals surface area contributed by atoms with Gasteiger partial charge in [0.1, 0.15) is 11.3 Å². The van der Waals surface area contributed by atoms with Gasteiger partial charge in [0, 0.05) is 11.2 Å². The summed E-state index contributed by atoms with van der Waals surface area (Å²) in [4.78, 5) is 8.90. The van der Waals surface area contributed by atoms with Gasteiger partial charge < -0.3 is 9.52 Å². The molecule has 0 saturated carbocycles. The lowest BCUT2D eigenvalue weighted by Gasteiger charge is -2.01. The van der Waals surface area contributed by atoms with Crippen molar-refractivity contribution >= 4 is 40.7 Å². The maximum Gasteiger partial charge on any atom is 0.231 e. The summed E-state index contributed by atoms with van der Waals surface area (Å²) >= 11 is 5.88. The molecule has 28 heavy (non-hydrogen) atoms. The summed E-state index contributed by atoms with van der Waals surface area (Å²) in [5, 5.41) is 10.9. The van der Waals surface area contributed by atoms with Crippen LogP contribution in [0.15, 0.2) is 76.1 Å². The number of phenolic OH excluding ortho intramolecular Hbond substituents is 1. The number of hydrogen-bond donors (Lipinski definition) is 1. The van der Waals surface area contributed by atoms with Crippen molar-refractivity contribution < 1.29 is 9.52 Å². The molecule has 1 heterocycles. The number of aromatic nitrogens is 1. The molecule has 0 spiro atoms. The van der Waals surface area contributed by atoms with Gasteiger partial charge in [0.05, 0.1) is 11.3 Å². The number of allylic oxidation sites excluding steroid dienone is 1. The number of phenols is 1. The van der Waals surface area contributed by atoms with Crippen molar-refractivity contribution in [2.24, 2.45) is 4.99 Å². The fraction of sp³-hybridized carbons (Fsp3) is 0.0435. The van der Waals surface area contributed by atoms with Crippen LogP contribution in [0.25, 0.3) is 28.6 Å². The summed E-state index contributed by atoms with van der Waals surface area (Å²) in [5.74, 6) is 0.464. The maximum atomic E-state index is 10.2. The topological polar surface area (TPSA) is 58.6 Å². The first-order valence-electron chi connectivity index (χ1n) is 8.75. The van der Waals surface area contributed by atoms with E-state index in [0.717, 1.165) is 16.6 Å². The van der Waals surface area contributed by atoms with Gasteiger partial charge in [-0.15, -0.1) is 0 Å². The van der Waals surface area contributed by atoms with Crippen LogP contribution in [0, 0.1) is 6.92 Å². The number of nitrogens with zero attached hydrogens (tertiary/aromatic N) is 2. The number of aromatic hydroxyl groups is 1. The molecular formula is C23H17ClN2O2. The van der Waals surface area contributed by atoms with Gasteiger partial charge in [-0.25, -0.2) is 4.98 Å². The Bertz CT molecular complexity index is 1190. The highest BCUT2D eigenvalue weighted by molar-refractivity contribution is 6.30. The number of fused-ring (bicyclic) bond motifs is 1. The van der Waals surface area contributed by atoms with E-state index in [0.29, 0.717) is 27.7 Å². The molecular weight excluding hydrogens is 372 g/mol. The van der Waals surface area contributed by atoms with Gasteiger partial charge in [-0.3, -0.25) is 4.99 Å². The molecule has 1 aromatic heterocycles. The summed E-state index contributed by atoms with van der Waals surface area (Å²) in [6, 6.07) is 18.4. The molecule has 0 fully saturated rings. The summed E-state index contributed by atoms with van der Waals surface area (Å²) in [6.45, 7) is 2.00. The van der Waals surface area contributed by atoms with Gasteiger partial charge in [0.15, 0.2) is 5.58 Å². The second-order valence-corrected chi connectivity index (χ2v) is 6.82. The number of oxazole rings is 1. The lowest BCUT2D eigenvalue weighted by Crippen LogP contribution is -1.79. The molecule has 0 aliphatic heterocycles. The van der Waals surface area contributed by atoms with Crippen LogP contribution in [0.5, 0.6) is 5.75 Å². The van der Waals surface area contributed by atoms with Crippen molar-refractivity contribution in [3.05, 3.63) is 82.9 Å². The van der Waals surface area contributed by atoms with Crippen LogP contribution in [0.2, 0.25) is 5.02 Å². The summed E-state index contributed by atoms with van der Waals surface area (Å²) in [7, 11) is 0. The molecule has 138 valence electrons. The normalized spacial score (nSPS) is 11.8. The lowest BCUT2D eigenvalue weighted by atomic mass is 10.2. The van der Waals surface area contributed by atoms with Gasteiger partial charge >= 0.3 is 0 Å². The summed E-state index contributed by atoms with van der Waals surface area (Å²) < 4.78 is 5.79. The first-order chi connectivity index (χ1) is 13.6. The minimum absolute atomic E-state index is 0.0962. The van der Waals surface area contributed by atoms with E-state index in [-0.39, 0.29) is 5.75 Å². The van der Waals surface area contributed by atoms with Crippen molar-refractivity contribution in [2.45, 2.75) is 6.92 Å². The zero-order chi connectivity index (χ0) is 19.5. The van der Waals surface area contributed by atoms with Crippen LogP contribution in [-0.4, -0.2) is 16.3 Å². The third kappa shape index (κ3) is 3.97. The van der Waals surface area contributed by atoms with Crippen LogP contribution < -0.4 is 0 Å². The van der Waals surface area contributed by atoms with Gasteiger partial charge in [-0.1, -0.05) is 35.9 Å². The van der Waals surface area contributed by atoms with Gasteiger partial charge in [-0.2, -0.15) is 0 Å². The third-order valence-corrected chi connectivity index (χ3v) is 4.47.